The molecule has 0 aliphatic heterocycles. The van der Waals surface area contributed by atoms with Gasteiger partial charge in [0.15, 0.2) is 5.69 Å². The van der Waals surface area contributed by atoms with Crippen LogP contribution in [0.2, 0.25) is 0 Å². The summed E-state index contributed by atoms with van der Waals surface area (Å²) in [6.45, 7) is 2.63. The molecule has 0 bridgehead atoms. The number of rotatable bonds is 5. The second-order valence-corrected chi connectivity index (χ2v) is 4.44. The van der Waals surface area contributed by atoms with Crippen LogP contribution >= 0.6 is 0 Å². The van der Waals surface area contributed by atoms with Gasteiger partial charge in [-0.3, -0.25) is 9.48 Å². The molecule has 0 fully saturated rings. The van der Waals surface area contributed by atoms with Crippen LogP contribution in [0.1, 0.15) is 26.4 Å². The number of hydrogen-bond acceptors (Lipinski definition) is 5. The van der Waals surface area contributed by atoms with Crippen molar-refractivity contribution in [2.45, 2.75) is 13.5 Å². The second-order valence-electron chi connectivity index (χ2n) is 4.44. The molecular formula is C13H15N5O3. The van der Waals surface area contributed by atoms with E-state index in [9.17, 15) is 9.59 Å². The Bertz CT molecular complexity index is 680. The van der Waals surface area contributed by atoms with E-state index in [4.69, 9.17) is 10.8 Å². The number of hydrogen-bond donors (Lipinski definition) is 3. The number of nitrogens with two attached hydrogens (primary N) is 1. The zero-order valence-corrected chi connectivity index (χ0v) is 11.4. The molecule has 8 nitrogen and oxygen atoms in total. The molecule has 2 rings (SSSR count). The van der Waals surface area contributed by atoms with E-state index in [0.29, 0.717) is 18.8 Å². The molecule has 1 aromatic heterocycles. The molecule has 0 aliphatic carbocycles. The number of carbonyl (C=O) groups is 2. The number of benzene rings is 1. The Hall–Kier alpha value is -2.74. The van der Waals surface area contributed by atoms with Gasteiger partial charge in [0.05, 0.1) is 18.3 Å². The molecule has 2 aromatic rings. The quantitative estimate of drug-likeness (QED) is 0.736. The minimum absolute atomic E-state index is 0.0997. The fourth-order valence-corrected chi connectivity index (χ4v) is 1.72. The Morgan fingerprint density at radius 1 is 1.43 bits per heavy atom. The summed E-state index contributed by atoms with van der Waals surface area (Å²) in [5.41, 5.74) is 6.81. The van der Waals surface area contributed by atoms with Crippen molar-refractivity contribution >= 4 is 17.6 Å². The summed E-state index contributed by atoms with van der Waals surface area (Å²) < 4.78 is 1.47. The van der Waals surface area contributed by atoms with Crippen LogP contribution in [-0.4, -0.2) is 38.5 Å². The van der Waals surface area contributed by atoms with Crippen LogP contribution in [0.3, 0.4) is 0 Å². The molecule has 1 aromatic carbocycles. The first-order valence-corrected chi connectivity index (χ1v) is 6.26. The van der Waals surface area contributed by atoms with Gasteiger partial charge in [-0.1, -0.05) is 11.3 Å². The predicted octanol–water partition coefficient (Wildman–Crippen LogP) is 0.496. The van der Waals surface area contributed by atoms with Crippen LogP contribution in [0.25, 0.3) is 0 Å². The molecule has 8 heteroatoms. The molecule has 0 spiro atoms. The standard InChI is InChI=1S/C13H15N5O3/c1-8-2-3-9(13(20)21)6-10(8)15-12(19)11-7-18(5-4-14)17-16-11/h2-3,6-7H,4-5,14H2,1H3,(H,15,19)(H,20,21). The van der Waals surface area contributed by atoms with Gasteiger partial charge >= 0.3 is 5.97 Å². The van der Waals surface area contributed by atoms with Gasteiger partial charge in [-0.2, -0.15) is 0 Å². The highest BCUT2D eigenvalue weighted by Crippen LogP contribution is 2.17. The van der Waals surface area contributed by atoms with Crippen molar-refractivity contribution in [2.75, 3.05) is 11.9 Å². The van der Waals surface area contributed by atoms with E-state index >= 15 is 0 Å². The van der Waals surface area contributed by atoms with Gasteiger partial charge in [0, 0.05) is 12.2 Å². The first kappa shape index (κ1) is 14.7. The highest BCUT2D eigenvalue weighted by molar-refractivity contribution is 6.03. The Balaban J connectivity index is 2.18. The van der Waals surface area contributed by atoms with Crippen LogP contribution in [0, 0.1) is 6.92 Å². The predicted molar refractivity (Wildman–Crippen MR) is 75.2 cm³/mol. The van der Waals surface area contributed by atoms with Crippen molar-refractivity contribution in [3.63, 3.8) is 0 Å². The maximum absolute atomic E-state index is 12.1. The fraction of sp³-hybridized carbons (Fsp3) is 0.231. The molecule has 1 amide bonds. The molecule has 110 valence electrons. The SMILES string of the molecule is Cc1ccc(C(=O)O)cc1NC(=O)c1cn(CCN)nn1. The minimum Gasteiger partial charge on any atom is -0.478 e. The molecule has 0 radical (unpaired) electrons. The van der Waals surface area contributed by atoms with E-state index in [1.807, 2.05) is 0 Å². The monoisotopic (exact) mass is 289 g/mol. The number of carboxylic acids is 1. The maximum atomic E-state index is 12.1. The normalized spacial score (nSPS) is 10.4. The molecule has 1 heterocycles. The van der Waals surface area contributed by atoms with Crippen LogP contribution in [-0.2, 0) is 6.54 Å². The van der Waals surface area contributed by atoms with Crippen molar-refractivity contribution in [3.05, 3.63) is 41.2 Å². The lowest BCUT2D eigenvalue weighted by Gasteiger charge is -2.07. The van der Waals surface area contributed by atoms with E-state index in [1.54, 1.807) is 13.0 Å². The lowest BCUT2D eigenvalue weighted by molar-refractivity contribution is 0.0696. The molecule has 21 heavy (non-hydrogen) atoms. The van der Waals surface area contributed by atoms with Gasteiger partial charge in [0.25, 0.3) is 5.91 Å². The summed E-state index contributed by atoms with van der Waals surface area (Å²) in [6, 6.07) is 4.51. The summed E-state index contributed by atoms with van der Waals surface area (Å²) in [5, 5.41) is 19.1. The van der Waals surface area contributed by atoms with E-state index in [1.165, 1.54) is 23.0 Å². The average molecular weight is 289 g/mol. The van der Waals surface area contributed by atoms with E-state index < -0.39 is 11.9 Å². The molecule has 0 atom stereocenters. The van der Waals surface area contributed by atoms with Crippen LogP contribution in [0.15, 0.2) is 24.4 Å². The number of aromatic carboxylic acids is 1. The summed E-state index contributed by atoms with van der Waals surface area (Å²) in [6.07, 6.45) is 1.48. The number of aryl methyl sites for hydroxylation is 1. The van der Waals surface area contributed by atoms with E-state index in [-0.39, 0.29) is 11.3 Å². The summed E-state index contributed by atoms with van der Waals surface area (Å²) >= 11 is 0. The Morgan fingerprint density at radius 2 is 2.19 bits per heavy atom. The van der Waals surface area contributed by atoms with Gasteiger partial charge in [-0.25, -0.2) is 4.79 Å². The molecule has 0 aliphatic rings. The third-order valence-electron chi connectivity index (χ3n) is 2.86. The number of carboxylic acid groups (broad SMARTS) is 1. The van der Waals surface area contributed by atoms with E-state index in [0.717, 1.165) is 5.56 Å². The van der Waals surface area contributed by atoms with Crippen molar-refractivity contribution in [3.8, 4) is 0 Å². The average Bonchev–Trinajstić information content (AvgIpc) is 2.90. The molecule has 0 saturated carbocycles. The molecule has 0 unspecified atom stereocenters. The zero-order valence-electron chi connectivity index (χ0n) is 11.4. The second kappa shape index (κ2) is 6.14. The number of nitrogens with one attached hydrogen (secondary N) is 1. The molecule has 0 saturated heterocycles. The van der Waals surface area contributed by atoms with Gasteiger partial charge in [0.1, 0.15) is 0 Å². The summed E-state index contributed by atoms with van der Waals surface area (Å²) in [7, 11) is 0. The molecular weight excluding hydrogens is 274 g/mol. The first-order chi connectivity index (χ1) is 10.0. The van der Waals surface area contributed by atoms with Gasteiger partial charge in [-0.15, -0.1) is 5.10 Å². The highest BCUT2D eigenvalue weighted by atomic mass is 16.4. The third kappa shape index (κ3) is 3.42. The van der Waals surface area contributed by atoms with Crippen molar-refractivity contribution in [1.29, 1.82) is 0 Å². The minimum atomic E-state index is -1.06. The summed E-state index contributed by atoms with van der Waals surface area (Å²) in [4.78, 5) is 23.0. The number of aromatic nitrogens is 3. The van der Waals surface area contributed by atoms with Crippen LogP contribution < -0.4 is 11.1 Å². The first-order valence-electron chi connectivity index (χ1n) is 6.26. The smallest absolute Gasteiger partial charge is 0.335 e. The number of nitrogens with zero attached hydrogens (tertiary/aromatic N) is 3. The fourth-order valence-electron chi connectivity index (χ4n) is 1.72. The van der Waals surface area contributed by atoms with Gasteiger partial charge in [0.2, 0.25) is 0 Å². The number of carbonyl (C=O) groups excluding carboxylic acids is 1. The van der Waals surface area contributed by atoms with Crippen LogP contribution in [0.4, 0.5) is 5.69 Å². The largest absolute Gasteiger partial charge is 0.478 e. The lowest BCUT2D eigenvalue weighted by atomic mass is 10.1. The third-order valence-corrected chi connectivity index (χ3v) is 2.86. The van der Waals surface area contributed by atoms with Crippen molar-refractivity contribution in [2.24, 2.45) is 5.73 Å². The molecule has 4 N–H and O–H groups in total. The Kier molecular flexibility index (Phi) is 4.29. The zero-order chi connectivity index (χ0) is 15.4. The van der Waals surface area contributed by atoms with Crippen molar-refractivity contribution in [1.82, 2.24) is 15.0 Å². The summed E-state index contributed by atoms with van der Waals surface area (Å²) in [5.74, 6) is -1.51. The lowest BCUT2D eigenvalue weighted by Crippen LogP contribution is -2.14. The van der Waals surface area contributed by atoms with Gasteiger partial charge in [-0.05, 0) is 24.6 Å². The Morgan fingerprint density at radius 3 is 2.86 bits per heavy atom. The van der Waals surface area contributed by atoms with Crippen LogP contribution in [0.5, 0.6) is 0 Å². The highest BCUT2D eigenvalue weighted by Gasteiger charge is 2.13. The number of amides is 1. The van der Waals surface area contributed by atoms with Crippen molar-refractivity contribution < 1.29 is 14.7 Å². The number of anilines is 1. The van der Waals surface area contributed by atoms with E-state index in [2.05, 4.69) is 15.6 Å². The Labute approximate surface area is 120 Å². The topological polar surface area (TPSA) is 123 Å². The van der Waals surface area contributed by atoms with Gasteiger partial charge < -0.3 is 16.2 Å². The maximum Gasteiger partial charge on any atom is 0.335 e.